The van der Waals surface area contributed by atoms with Crippen molar-refractivity contribution < 1.29 is 9.90 Å². The third-order valence-corrected chi connectivity index (χ3v) is 2.82. The van der Waals surface area contributed by atoms with Crippen LogP contribution in [0.2, 0.25) is 0 Å². The summed E-state index contributed by atoms with van der Waals surface area (Å²) >= 11 is 0. The van der Waals surface area contributed by atoms with Crippen molar-refractivity contribution in [1.29, 1.82) is 0 Å². The molecule has 1 aromatic heterocycles. The summed E-state index contributed by atoms with van der Waals surface area (Å²) in [4.78, 5) is 27.1. The standard InChI is InChI=1S/C13H14N2O3/c1-2-5-15(8-9-3-4-9)13(18)10-6-11(16)14-12(17)7-10/h1,6-7,9H,3-5,8H2,(H2,14,16,17). The van der Waals surface area contributed by atoms with Gasteiger partial charge in [0.2, 0.25) is 0 Å². The van der Waals surface area contributed by atoms with Crippen LogP contribution in [0.1, 0.15) is 23.2 Å². The smallest absolute Gasteiger partial charge is 0.255 e. The minimum atomic E-state index is -0.509. The molecule has 5 nitrogen and oxygen atoms in total. The van der Waals surface area contributed by atoms with E-state index in [0.717, 1.165) is 12.8 Å². The zero-order chi connectivity index (χ0) is 13.1. The van der Waals surface area contributed by atoms with Crippen LogP contribution < -0.4 is 5.56 Å². The predicted molar refractivity (Wildman–Crippen MR) is 66.2 cm³/mol. The molecule has 18 heavy (non-hydrogen) atoms. The van der Waals surface area contributed by atoms with Crippen LogP contribution in [0.3, 0.4) is 0 Å². The number of rotatable bonds is 4. The van der Waals surface area contributed by atoms with Gasteiger partial charge in [0.25, 0.3) is 11.5 Å². The van der Waals surface area contributed by atoms with Gasteiger partial charge in [-0.15, -0.1) is 6.42 Å². The SMILES string of the molecule is C#CCN(CC1CC1)C(=O)c1cc(O)[nH]c(=O)c1. The molecule has 1 heterocycles. The largest absolute Gasteiger partial charge is 0.494 e. The van der Waals surface area contributed by atoms with Crippen molar-refractivity contribution in [3.8, 4) is 18.2 Å². The topological polar surface area (TPSA) is 73.4 Å². The van der Waals surface area contributed by atoms with Crippen LogP contribution in [0.5, 0.6) is 5.88 Å². The number of aromatic hydroxyl groups is 1. The molecule has 1 aliphatic rings. The Kier molecular flexibility index (Phi) is 3.38. The predicted octanol–water partition coefficient (Wildman–Crippen LogP) is 0.566. The highest BCUT2D eigenvalue weighted by Gasteiger charge is 2.27. The molecule has 0 unspecified atom stereocenters. The Morgan fingerprint density at radius 1 is 1.56 bits per heavy atom. The monoisotopic (exact) mass is 246 g/mol. The number of carbonyl (C=O) groups is 1. The molecule has 5 heteroatoms. The third-order valence-electron chi connectivity index (χ3n) is 2.82. The quantitative estimate of drug-likeness (QED) is 0.763. The highest BCUT2D eigenvalue weighted by atomic mass is 16.3. The lowest BCUT2D eigenvalue weighted by atomic mass is 10.2. The second-order valence-electron chi connectivity index (χ2n) is 4.45. The molecule has 1 saturated carbocycles. The number of hydrogen-bond acceptors (Lipinski definition) is 3. The van der Waals surface area contributed by atoms with Crippen LogP contribution in [-0.4, -0.2) is 34.0 Å². The average molecular weight is 246 g/mol. The second kappa shape index (κ2) is 4.96. The average Bonchev–Trinajstić information content (AvgIpc) is 3.10. The maximum atomic E-state index is 12.2. The molecular weight excluding hydrogens is 232 g/mol. The third kappa shape index (κ3) is 2.92. The van der Waals surface area contributed by atoms with Crippen molar-refractivity contribution in [2.75, 3.05) is 13.1 Å². The van der Waals surface area contributed by atoms with Crippen molar-refractivity contribution in [2.45, 2.75) is 12.8 Å². The summed E-state index contributed by atoms with van der Waals surface area (Å²) in [5.74, 6) is 2.31. The maximum Gasteiger partial charge on any atom is 0.255 e. The molecule has 0 bridgehead atoms. The van der Waals surface area contributed by atoms with Crippen LogP contribution in [0.15, 0.2) is 16.9 Å². The maximum absolute atomic E-state index is 12.2. The molecule has 0 saturated heterocycles. The number of nitrogens with zero attached hydrogens (tertiary/aromatic N) is 1. The summed E-state index contributed by atoms with van der Waals surface area (Å²) < 4.78 is 0. The second-order valence-corrected chi connectivity index (χ2v) is 4.45. The fourth-order valence-electron chi connectivity index (χ4n) is 1.78. The van der Waals surface area contributed by atoms with Crippen molar-refractivity contribution in [3.05, 3.63) is 28.0 Å². The number of amides is 1. The van der Waals surface area contributed by atoms with E-state index in [-0.39, 0.29) is 23.9 Å². The minimum absolute atomic E-state index is 0.159. The van der Waals surface area contributed by atoms with Crippen LogP contribution in [0.25, 0.3) is 0 Å². The number of carbonyl (C=O) groups excluding carboxylic acids is 1. The fraction of sp³-hybridized carbons (Fsp3) is 0.385. The Morgan fingerprint density at radius 3 is 2.83 bits per heavy atom. The van der Waals surface area contributed by atoms with E-state index in [1.54, 1.807) is 0 Å². The van der Waals surface area contributed by atoms with Crippen molar-refractivity contribution in [3.63, 3.8) is 0 Å². The number of aromatic amines is 1. The molecule has 0 spiro atoms. The first-order valence-corrected chi connectivity index (χ1v) is 5.76. The lowest BCUT2D eigenvalue weighted by Crippen LogP contribution is -2.33. The van der Waals surface area contributed by atoms with Gasteiger partial charge >= 0.3 is 0 Å². The molecule has 0 aliphatic heterocycles. The van der Waals surface area contributed by atoms with Crippen molar-refractivity contribution >= 4 is 5.91 Å². The summed E-state index contributed by atoms with van der Waals surface area (Å²) in [5, 5.41) is 9.28. The normalized spacial score (nSPS) is 13.9. The van der Waals surface area contributed by atoms with Crippen LogP contribution in [0.4, 0.5) is 0 Å². The van der Waals surface area contributed by atoms with Crippen LogP contribution in [0, 0.1) is 18.3 Å². The first-order valence-electron chi connectivity index (χ1n) is 5.76. The van der Waals surface area contributed by atoms with Gasteiger partial charge in [0.1, 0.15) is 0 Å². The minimum Gasteiger partial charge on any atom is -0.494 e. The van der Waals surface area contributed by atoms with Gasteiger partial charge in [-0.25, -0.2) is 0 Å². The number of terminal acetylenes is 1. The lowest BCUT2D eigenvalue weighted by molar-refractivity contribution is 0.0769. The number of hydrogen-bond donors (Lipinski definition) is 2. The first kappa shape index (κ1) is 12.2. The zero-order valence-corrected chi connectivity index (χ0v) is 9.85. The van der Waals surface area contributed by atoms with E-state index in [9.17, 15) is 14.7 Å². The number of pyridine rings is 1. The number of nitrogens with one attached hydrogen (secondary N) is 1. The molecule has 2 N–H and O–H groups in total. The summed E-state index contributed by atoms with van der Waals surface area (Å²) in [6.45, 7) is 0.819. The highest BCUT2D eigenvalue weighted by Crippen LogP contribution is 2.30. The Labute approximate surface area is 104 Å². The van der Waals surface area contributed by atoms with Gasteiger partial charge in [0, 0.05) is 18.7 Å². The summed E-state index contributed by atoms with van der Waals surface area (Å²) in [6.07, 6.45) is 7.45. The van der Waals surface area contributed by atoms with E-state index >= 15 is 0 Å². The van der Waals surface area contributed by atoms with Gasteiger partial charge in [-0.05, 0) is 18.8 Å². The molecule has 1 aromatic rings. The molecule has 0 atom stereocenters. The van der Waals surface area contributed by atoms with Crippen molar-refractivity contribution in [1.82, 2.24) is 9.88 Å². The van der Waals surface area contributed by atoms with E-state index in [4.69, 9.17) is 6.42 Å². The van der Waals surface area contributed by atoms with E-state index in [0.29, 0.717) is 12.5 Å². The summed E-state index contributed by atoms with van der Waals surface area (Å²) in [5.41, 5.74) is -0.349. The van der Waals surface area contributed by atoms with Gasteiger partial charge in [-0.2, -0.15) is 0 Å². The Bertz CT molecular complexity index is 552. The van der Waals surface area contributed by atoms with Crippen molar-refractivity contribution in [2.24, 2.45) is 5.92 Å². The van der Waals surface area contributed by atoms with E-state index < -0.39 is 5.56 Å². The molecule has 1 fully saturated rings. The number of H-pyrrole nitrogens is 1. The number of aromatic nitrogens is 1. The van der Waals surface area contributed by atoms with Gasteiger partial charge in [0.05, 0.1) is 12.1 Å². The lowest BCUT2D eigenvalue weighted by Gasteiger charge is -2.19. The molecule has 0 radical (unpaired) electrons. The molecule has 2 rings (SSSR count). The molecular formula is C13H14N2O3. The Balaban J connectivity index is 2.20. The van der Waals surface area contributed by atoms with E-state index in [1.807, 2.05) is 0 Å². The Hall–Kier alpha value is -2.22. The molecule has 0 aromatic carbocycles. The van der Waals surface area contributed by atoms with Gasteiger partial charge in [-0.3, -0.25) is 14.6 Å². The summed E-state index contributed by atoms with van der Waals surface area (Å²) in [6, 6.07) is 2.40. The highest BCUT2D eigenvalue weighted by molar-refractivity contribution is 5.94. The van der Waals surface area contributed by atoms with Gasteiger partial charge in [-0.1, -0.05) is 5.92 Å². The Morgan fingerprint density at radius 2 is 2.28 bits per heavy atom. The zero-order valence-electron chi connectivity index (χ0n) is 9.85. The molecule has 1 amide bonds. The fourth-order valence-corrected chi connectivity index (χ4v) is 1.78. The van der Waals surface area contributed by atoms with E-state index in [2.05, 4.69) is 10.9 Å². The van der Waals surface area contributed by atoms with Crippen LogP contribution >= 0.6 is 0 Å². The van der Waals surface area contributed by atoms with Gasteiger partial charge in [0.15, 0.2) is 5.88 Å². The molecule has 94 valence electrons. The summed E-state index contributed by atoms with van der Waals surface area (Å²) in [7, 11) is 0. The molecule has 1 aliphatic carbocycles. The van der Waals surface area contributed by atoms with Crippen LogP contribution in [-0.2, 0) is 0 Å². The van der Waals surface area contributed by atoms with E-state index in [1.165, 1.54) is 17.0 Å². The first-order chi connectivity index (χ1) is 8.60. The van der Waals surface area contributed by atoms with Gasteiger partial charge < -0.3 is 10.0 Å².